The molecule has 0 unspecified atom stereocenters. The molecule has 0 spiro atoms. The highest BCUT2D eigenvalue weighted by Crippen LogP contribution is 2.22. The number of nitrogens with zero attached hydrogens (tertiary/aromatic N) is 1. The summed E-state index contributed by atoms with van der Waals surface area (Å²) in [5.41, 5.74) is 1.38. The molecule has 15 heavy (non-hydrogen) atoms. The van der Waals surface area contributed by atoms with E-state index >= 15 is 0 Å². The minimum atomic E-state index is -3.31. The van der Waals surface area contributed by atoms with Gasteiger partial charge in [0.15, 0.2) is 0 Å². The van der Waals surface area contributed by atoms with Crippen LogP contribution >= 0.6 is 15.9 Å². The van der Waals surface area contributed by atoms with Gasteiger partial charge in [0, 0.05) is 6.20 Å². The van der Waals surface area contributed by atoms with Crippen LogP contribution in [0.4, 0.5) is 5.69 Å². The van der Waals surface area contributed by atoms with E-state index in [1.165, 1.54) is 0 Å². The van der Waals surface area contributed by atoms with Crippen molar-refractivity contribution < 1.29 is 8.42 Å². The summed E-state index contributed by atoms with van der Waals surface area (Å²) in [6, 6.07) is 1.73. The van der Waals surface area contributed by atoms with Crippen LogP contribution in [0.15, 0.2) is 16.9 Å². The quantitative estimate of drug-likeness (QED) is 0.870. The van der Waals surface area contributed by atoms with Gasteiger partial charge in [-0.25, -0.2) is 13.4 Å². The van der Waals surface area contributed by atoms with Crippen molar-refractivity contribution in [3.63, 3.8) is 0 Å². The van der Waals surface area contributed by atoms with E-state index in [9.17, 15) is 8.42 Å². The number of halogens is 1. The van der Waals surface area contributed by atoms with E-state index in [0.717, 1.165) is 5.56 Å². The Labute approximate surface area is 98.3 Å². The summed E-state index contributed by atoms with van der Waals surface area (Å²) in [5, 5.41) is -0.468. The highest BCUT2D eigenvalue weighted by atomic mass is 79.9. The molecule has 4 nitrogen and oxygen atoms in total. The fourth-order valence-electron chi connectivity index (χ4n) is 0.895. The Morgan fingerprint density at radius 1 is 1.47 bits per heavy atom. The summed E-state index contributed by atoms with van der Waals surface area (Å²) in [5.74, 6) is 0. The van der Waals surface area contributed by atoms with Gasteiger partial charge in [-0.05, 0) is 48.3 Å². The lowest BCUT2D eigenvalue weighted by Gasteiger charge is -2.11. The first-order valence-corrected chi connectivity index (χ1v) is 6.80. The molecule has 1 rings (SSSR count). The molecule has 0 saturated carbocycles. The molecule has 6 heteroatoms. The van der Waals surface area contributed by atoms with Gasteiger partial charge in [-0.3, -0.25) is 4.72 Å². The largest absolute Gasteiger partial charge is 0.281 e. The van der Waals surface area contributed by atoms with Crippen LogP contribution in [0.5, 0.6) is 0 Å². The molecule has 1 aromatic heterocycles. The lowest BCUT2D eigenvalue weighted by molar-refractivity contribution is 0.592. The minimum absolute atomic E-state index is 0.468. The highest BCUT2D eigenvalue weighted by Gasteiger charge is 2.17. The van der Waals surface area contributed by atoms with Gasteiger partial charge in [-0.2, -0.15) is 0 Å². The third kappa shape index (κ3) is 3.17. The first kappa shape index (κ1) is 12.4. The Morgan fingerprint density at radius 2 is 2.07 bits per heavy atom. The summed E-state index contributed by atoms with van der Waals surface area (Å²) in [6.45, 7) is 5.10. The second-order valence-electron chi connectivity index (χ2n) is 3.55. The van der Waals surface area contributed by atoms with Gasteiger partial charge in [0.25, 0.3) is 0 Å². The highest BCUT2D eigenvalue weighted by molar-refractivity contribution is 9.10. The summed E-state index contributed by atoms with van der Waals surface area (Å²) in [4.78, 5) is 4.01. The number of hydrogen-bond donors (Lipinski definition) is 1. The summed E-state index contributed by atoms with van der Waals surface area (Å²) in [6.07, 6.45) is 1.66. The average Bonchev–Trinajstić information content (AvgIpc) is 2.10. The maximum atomic E-state index is 11.6. The van der Waals surface area contributed by atoms with Gasteiger partial charge in [-0.1, -0.05) is 0 Å². The van der Waals surface area contributed by atoms with Crippen LogP contribution in [0.3, 0.4) is 0 Å². The number of rotatable bonds is 3. The zero-order chi connectivity index (χ0) is 11.6. The molecule has 1 aromatic rings. The topological polar surface area (TPSA) is 59.1 Å². The second-order valence-corrected chi connectivity index (χ2v) is 6.53. The van der Waals surface area contributed by atoms with Crippen molar-refractivity contribution in [3.8, 4) is 0 Å². The SMILES string of the molecule is Cc1cnc(Br)c(NS(=O)(=O)C(C)C)c1. The lowest BCUT2D eigenvalue weighted by Crippen LogP contribution is -2.22. The molecule has 0 saturated heterocycles. The van der Waals surface area contributed by atoms with E-state index in [2.05, 4.69) is 25.6 Å². The molecule has 1 N–H and O–H groups in total. The number of nitrogens with one attached hydrogen (secondary N) is 1. The van der Waals surface area contributed by atoms with Crippen LogP contribution in [-0.4, -0.2) is 18.7 Å². The van der Waals surface area contributed by atoms with Gasteiger partial charge < -0.3 is 0 Å². The number of aromatic nitrogens is 1. The Morgan fingerprint density at radius 3 is 2.60 bits per heavy atom. The Balaban J connectivity index is 3.05. The zero-order valence-electron chi connectivity index (χ0n) is 8.78. The molecule has 0 radical (unpaired) electrons. The number of pyridine rings is 1. The maximum Gasteiger partial charge on any atom is 0.235 e. The first-order valence-electron chi connectivity index (χ1n) is 4.46. The molecule has 0 aliphatic heterocycles. The number of sulfonamides is 1. The van der Waals surface area contributed by atoms with Crippen LogP contribution < -0.4 is 4.72 Å². The molecule has 0 amide bonds. The molecule has 0 aromatic carbocycles. The second kappa shape index (κ2) is 4.49. The van der Waals surface area contributed by atoms with Crippen LogP contribution in [0, 0.1) is 6.92 Å². The molecule has 1 heterocycles. The van der Waals surface area contributed by atoms with E-state index < -0.39 is 15.3 Å². The van der Waals surface area contributed by atoms with Crippen molar-refractivity contribution in [2.45, 2.75) is 26.0 Å². The third-order valence-corrected chi connectivity index (χ3v) is 4.23. The van der Waals surface area contributed by atoms with Crippen molar-refractivity contribution in [2.24, 2.45) is 0 Å². The summed E-state index contributed by atoms with van der Waals surface area (Å²) < 4.78 is 26.2. The predicted molar refractivity (Wildman–Crippen MR) is 64.4 cm³/mol. The Kier molecular flexibility index (Phi) is 3.72. The first-order chi connectivity index (χ1) is 6.83. The number of aryl methyl sites for hydroxylation is 1. The van der Waals surface area contributed by atoms with Gasteiger partial charge in [0.2, 0.25) is 10.0 Å². The van der Waals surface area contributed by atoms with Crippen LogP contribution in [0.25, 0.3) is 0 Å². The van der Waals surface area contributed by atoms with Gasteiger partial charge in [-0.15, -0.1) is 0 Å². The molecule has 0 atom stereocenters. The van der Waals surface area contributed by atoms with Crippen LogP contribution in [0.1, 0.15) is 19.4 Å². The normalized spacial score (nSPS) is 11.8. The molecule has 0 fully saturated rings. The number of anilines is 1. The van der Waals surface area contributed by atoms with E-state index in [1.807, 2.05) is 6.92 Å². The Hall–Kier alpha value is -0.620. The van der Waals surface area contributed by atoms with Gasteiger partial charge in [0.1, 0.15) is 4.60 Å². The summed E-state index contributed by atoms with van der Waals surface area (Å²) in [7, 11) is -3.31. The molecular formula is C9H13BrN2O2S. The van der Waals surface area contributed by atoms with Crippen molar-refractivity contribution in [1.29, 1.82) is 0 Å². The zero-order valence-corrected chi connectivity index (χ0v) is 11.2. The van der Waals surface area contributed by atoms with Crippen molar-refractivity contribution in [3.05, 3.63) is 22.4 Å². The molecule has 0 aliphatic carbocycles. The third-order valence-electron chi connectivity index (χ3n) is 1.85. The number of hydrogen-bond acceptors (Lipinski definition) is 3. The van der Waals surface area contributed by atoms with Crippen molar-refractivity contribution in [1.82, 2.24) is 4.98 Å². The van der Waals surface area contributed by atoms with Crippen molar-refractivity contribution in [2.75, 3.05) is 4.72 Å². The van der Waals surface area contributed by atoms with Crippen LogP contribution in [0.2, 0.25) is 0 Å². The molecular weight excluding hydrogens is 280 g/mol. The Bertz CT molecular complexity index is 457. The maximum absolute atomic E-state index is 11.6. The van der Waals surface area contributed by atoms with E-state index in [1.54, 1.807) is 26.1 Å². The average molecular weight is 293 g/mol. The minimum Gasteiger partial charge on any atom is -0.281 e. The van der Waals surface area contributed by atoms with Gasteiger partial charge >= 0.3 is 0 Å². The van der Waals surface area contributed by atoms with Gasteiger partial charge in [0.05, 0.1) is 10.9 Å². The van der Waals surface area contributed by atoms with E-state index in [-0.39, 0.29) is 0 Å². The monoisotopic (exact) mass is 292 g/mol. The predicted octanol–water partition coefficient (Wildman–Crippen LogP) is 2.30. The fraction of sp³-hybridized carbons (Fsp3) is 0.444. The standard InChI is InChI=1S/C9H13BrN2O2S/c1-6(2)15(13,14)12-8-4-7(3)5-11-9(8)10/h4-6,12H,1-3H3. The lowest BCUT2D eigenvalue weighted by atomic mass is 10.3. The fourth-order valence-corrected chi connectivity index (χ4v) is 2.04. The van der Waals surface area contributed by atoms with Crippen molar-refractivity contribution >= 4 is 31.6 Å². The molecule has 0 aliphatic rings. The molecule has 84 valence electrons. The summed E-state index contributed by atoms with van der Waals surface area (Å²) >= 11 is 3.19. The van der Waals surface area contributed by atoms with E-state index in [4.69, 9.17) is 0 Å². The smallest absolute Gasteiger partial charge is 0.235 e. The molecule has 0 bridgehead atoms. The van der Waals surface area contributed by atoms with E-state index in [0.29, 0.717) is 10.3 Å². The van der Waals surface area contributed by atoms with Crippen LogP contribution in [-0.2, 0) is 10.0 Å².